The zero-order valence-corrected chi connectivity index (χ0v) is 11.0. The normalized spacial score (nSPS) is 21.8. The molecule has 0 aromatic heterocycles. The van der Waals surface area contributed by atoms with E-state index in [4.69, 9.17) is 0 Å². The Kier molecular flexibility index (Phi) is 3.40. The Morgan fingerprint density at radius 1 is 1.40 bits per heavy atom. The molecule has 2 amide bonds. The van der Waals surface area contributed by atoms with Crippen molar-refractivity contribution in [2.45, 2.75) is 19.1 Å². The Balaban J connectivity index is 1.76. The van der Waals surface area contributed by atoms with Gasteiger partial charge in [-0.3, -0.25) is 0 Å². The molecular formula is C14H16FN3O2. The first-order chi connectivity index (χ1) is 9.70. The average molecular weight is 277 g/mol. The quantitative estimate of drug-likeness (QED) is 0.770. The number of aldehydes is 1. The first kappa shape index (κ1) is 13.1. The predicted molar refractivity (Wildman–Crippen MR) is 70.5 cm³/mol. The molecule has 0 radical (unpaired) electrons. The zero-order chi connectivity index (χ0) is 14.1. The molecule has 1 aromatic carbocycles. The van der Waals surface area contributed by atoms with Crippen molar-refractivity contribution in [1.82, 2.24) is 15.1 Å². The lowest BCUT2D eigenvalue weighted by atomic mass is 10.1. The van der Waals surface area contributed by atoms with Crippen LogP contribution in [0.3, 0.4) is 0 Å². The molecule has 1 N–H and O–H groups in total. The number of benzene rings is 1. The van der Waals surface area contributed by atoms with Gasteiger partial charge >= 0.3 is 6.03 Å². The van der Waals surface area contributed by atoms with Gasteiger partial charge in [-0.05, 0) is 11.6 Å². The third-order valence-corrected chi connectivity index (χ3v) is 3.88. The van der Waals surface area contributed by atoms with E-state index in [0.29, 0.717) is 31.7 Å². The molecule has 2 heterocycles. The first-order valence-corrected chi connectivity index (χ1v) is 6.68. The summed E-state index contributed by atoms with van der Waals surface area (Å²) in [6.07, 6.45) is 0.786. The highest BCUT2D eigenvalue weighted by Gasteiger charge is 2.33. The van der Waals surface area contributed by atoms with Crippen molar-refractivity contribution in [2.24, 2.45) is 0 Å². The SMILES string of the molecule is O=C[C@H]1CNCCN1C(=O)N1Cc2cccc(F)c2C1. The maximum Gasteiger partial charge on any atom is 0.321 e. The van der Waals surface area contributed by atoms with Crippen molar-refractivity contribution >= 4 is 12.3 Å². The van der Waals surface area contributed by atoms with E-state index in [2.05, 4.69) is 5.32 Å². The Bertz CT molecular complexity index is 549. The minimum atomic E-state index is -0.440. The Morgan fingerprint density at radius 3 is 3.00 bits per heavy atom. The third kappa shape index (κ3) is 2.16. The predicted octanol–water partition coefficient (Wildman–Crippen LogP) is 0.734. The van der Waals surface area contributed by atoms with Gasteiger partial charge in [-0.15, -0.1) is 0 Å². The van der Waals surface area contributed by atoms with E-state index < -0.39 is 6.04 Å². The van der Waals surface area contributed by atoms with Crippen LogP contribution in [0.15, 0.2) is 18.2 Å². The molecule has 1 saturated heterocycles. The minimum absolute atomic E-state index is 0.195. The number of fused-ring (bicyclic) bond motifs is 1. The summed E-state index contributed by atoms with van der Waals surface area (Å²) in [6, 6.07) is 4.26. The van der Waals surface area contributed by atoms with Crippen molar-refractivity contribution in [3.05, 3.63) is 35.1 Å². The van der Waals surface area contributed by atoms with Gasteiger partial charge in [0.05, 0.1) is 6.54 Å². The Morgan fingerprint density at radius 2 is 2.25 bits per heavy atom. The highest BCUT2D eigenvalue weighted by Crippen LogP contribution is 2.26. The van der Waals surface area contributed by atoms with Crippen LogP contribution in [0.4, 0.5) is 9.18 Å². The number of amides is 2. The summed E-state index contributed by atoms with van der Waals surface area (Å²) >= 11 is 0. The molecule has 106 valence electrons. The Hall–Kier alpha value is -1.95. The van der Waals surface area contributed by atoms with Crippen molar-refractivity contribution in [1.29, 1.82) is 0 Å². The van der Waals surface area contributed by atoms with E-state index in [1.807, 2.05) is 6.07 Å². The van der Waals surface area contributed by atoms with Gasteiger partial charge in [0.25, 0.3) is 0 Å². The van der Waals surface area contributed by atoms with Crippen molar-refractivity contribution in [2.75, 3.05) is 19.6 Å². The summed E-state index contributed by atoms with van der Waals surface area (Å²) < 4.78 is 13.7. The molecule has 1 atom stereocenters. The fourth-order valence-corrected chi connectivity index (χ4v) is 2.78. The second-order valence-corrected chi connectivity index (χ2v) is 5.12. The molecule has 3 rings (SSSR count). The molecule has 6 heteroatoms. The number of nitrogens with one attached hydrogen (secondary N) is 1. The van der Waals surface area contributed by atoms with E-state index in [0.717, 1.165) is 11.8 Å². The maximum absolute atomic E-state index is 13.7. The number of hydrogen-bond donors (Lipinski definition) is 1. The largest absolute Gasteiger partial charge is 0.321 e. The van der Waals surface area contributed by atoms with E-state index in [1.54, 1.807) is 15.9 Å². The van der Waals surface area contributed by atoms with Crippen molar-refractivity contribution < 1.29 is 14.0 Å². The number of nitrogens with zero attached hydrogens (tertiary/aromatic N) is 2. The van der Waals surface area contributed by atoms with Gasteiger partial charge in [-0.25, -0.2) is 9.18 Å². The van der Waals surface area contributed by atoms with Crippen LogP contribution in [0.5, 0.6) is 0 Å². The number of carbonyl (C=O) groups excluding carboxylic acids is 2. The van der Waals surface area contributed by atoms with Gasteiger partial charge in [0.1, 0.15) is 18.1 Å². The highest BCUT2D eigenvalue weighted by molar-refractivity contribution is 5.79. The third-order valence-electron chi connectivity index (χ3n) is 3.88. The van der Waals surface area contributed by atoms with Crippen LogP contribution in [-0.2, 0) is 17.9 Å². The van der Waals surface area contributed by atoms with Crippen LogP contribution in [0.25, 0.3) is 0 Å². The molecule has 2 aliphatic rings. The smallest absolute Gasteiger partial charge is 0.316 e. The summed E-state index contributed by atoms with van der Waals surface area (Å²) in [7, 11) is 0. The second-order valence-electron chi connectivity index (χ2n) is 5.12. The molecule has 0 bridgehead atoms. The number of piperazine rings is 1. The molecule has 5 nitrogen and oxygen atoms in total. The number of hydrogen-bond acceptors (Lipinski definition) is 3. The lowest BCUT2D eigenvalue weighted by molar-refractivity contribution is -0.112. The van der Waals surface area contributed by atoms with Gasteiger partial charge in [0, 0.05) is 31.7 Å². The number of rotatable bonds is 1. The van der Waals surface area contributed by atoms with E-state index >= 15 is 0 Å². The molecule has 1 aromatic rings. The number of urea groups is 1. The van der Waals surface area contributed by atoms with Gasteiger partial charge in [-0.1, -0.05) is 12.1 Å². The Labute approximate surface area is 116 Å². The lowest BCUT2D eigenvalue weighted by Gasteiger charge is -2.35. The van der Waals surface area contributed by atoms with Gasteiger partial charge in [0.15, 0.2) is 0 Å². The fraction of sp³-hybridized carbons (Fsp3) is 0.429. The molecule has 0 aliphatic carbocycles. The molecule has 20 heavy (non-hydrogen) atoms. The average Bonchev–Trinajstić information content (AvgIpc) is 2.92. The number of carbonyl (C=O) groups is 2. The summed E-state index contributed by atoms with van der Waals surface area (Å²) in [5.74, 6) is -0.273. The molecule has 0 unspecified atom stereocenters. The second kappa shape index (κ2) is 5.20. The van der Waals surface area contributed by atoms with Crippen LogP contribution >= 0.6 is 0 Å². The van der Waals surface area contributed by atoms with Crippen molar-refractivity contribution in [3.8, 4) is 0 Å². The number of halogens is 1. The van der Waals surface area contributed by atoms with E-state index in [-0.39, 0.29) is 18.4 Å². The van der Waals surface area contributed by atoms with Crippen LogP contribution in [0, 0.1) is 5.82 Å². The monoisotopic (exact) mass is 277 g/mol. The van der Waals surface area contributed by atoms with Crippen LogP contribution < -0.4 is 5.32 Å². The van der Waals surface area contributed by atoms with E-state index in [1.165, 1.54) is 6.07 Å². The molecule has 1 fully saturated rings. The minimum Gasteiger partial charge on any atom is -0.316 e. The lowest BCUT2D eigenvalue weighted by Crippen LogP contribution is -2.57. The van der Waals surface area contributed by atoms with E-state index in [9.17, 15) is 14.0 Å². The molecule has 0 spiro atoms. The topological polar surface area (TPSA) is 52.7 Å². The first-order valence-electron chi connectivity index (χ1n) is 6.68. The molecule has 0 saturated carbocycles. The zero-order valence-electron chi connectivity index (χ0n) is 11.0. The maximum atomic E-state index is 13.7. The summed E-state index contributed by atoms with van der Waals surface area (Å²) in [5, 5.41) is 3.08. The molecular weight excluding hydrogens is 261 g/mol. The van der Waals surface area contributed by atoms with Crippen LogP contribution in [0.2, 0.25) is 0 Å². The highest BCUT2D eigenvalue weighted by atomic mass is 19.1. The van der Waals surface area contributed by atoms with Crippen molar-refractivity contribution in [3.63, 3.8) is 0 Å². The molecule has 2 aliphatic heterocycles. The van der Waals surface area contributed by atoms with Gasteiger partial charge in [-0.2, -0.15) is 0 Å². The summed E-state index contributed by atoms with van der Waals surface area (Å²) in [5.41, 5.74) is 1.43. The van der Waals surface area contributed by atoms with Crippen LogP contribution in [0.1, 0.15) is 11.1 Å². The fourth-order valence-electron chi connectivity index (χ4n) is 2.78. The van der Waals surface area contributed by atoms with Crippen LogP contribution in [-0.4, -0.2) is 47.8 Å². The standard InChI is InChI=1S/C14H16FN3O2/c15-13-3-1-2-10-7-17(8-12(10)13)14(20)18-5-4-16-6-11(18)9-19/h1-3,9,11,16H,4-8H2/t11-/m1/s1. The van der Waals surface area contributed by atoms with Gasteiger partial charge in [0.2, 0.25) is 0 Å². The summed E-state index contributed by atoms with van der Waals surface area (Å²) in [6.45, 7) is 2.32. The van der Waals surface area contributed by atoms with Gasteiger partial charge < -0.3 is 19.9 Å². The summed E-state index contributed by atoms with van der Waals surface area (Å²) in [4.78, 5) is 26.7.